The Morgan fingerprint density at radius 2 is 1.50 bits per heavy atom. The number of alkyl halides is 7. The lowest BCUT2D eigenvalue weighted by atomic mass is 10.0. The highest BCUT2D eigenvalue weighted by molar-refractivity contribution is 5.80. The molecule has 0 radical (unpaired) electrons. The number of aliphatic hydroxyl groups excluding tert-OH is 1. The van der Waals surface area contributed by atoms with Gasteiger partial charge in [0.1, 0.15) is 6.10 Å². The normalized spacial score (nSPS) is 15.4. The molecular weight excluding hydrogens is 275 g/mol. The van der Waals surface area contributed by atoms with Crippen LogP contribution >= 0.6 is 0 Å². The Bertz CT molecular complexity index is 313. The van der Waals surface area contributed by atoms with Crippen LogP contribution in [-0.4, -0.2) is 54.1 Å². The number of nitrogens with zero attached hydrogens (tertiary/aromatic N) is 1. The standard InChI is InChI=1S/C8H10F7NO2/c1-16(2)5(18)4(17)3-6(9,10)7(11,12)8(13,14)15/h4,17H,3H2,1-2H3. The molecule has 0 aromatic heterocycles. The molecule has 0 aromatic rings. The van der Waals surface area contributed by atoms with Gasteiger partial charge in [0.25, 0.3) is 5.91 Å². The second-order valence-electron chi connectivity index (χ2n) is 3.73. The van der Waals surface area contributed by atoms with E-state index in [1.807, 2.05) is 0 Å². The van der Waals surface area contributed by atoms with Gasteiger partial charge in [0.15, 0.2) is 0 Å². The lowest BCUT2D eigenvalue weighted by Crippen LogP contribution is -2.54. The van der Waals surface area contributed by atoms with E-state index in [0.29, 0.717) is 4.90 Å². The molecule has 0 bridgehead atoms. The van der Waals surface area contributed by atoms with Gasteiger partial charge in [-0.05, 0) is 0 Å². The van der Waals surface area contributed by atoms with Crippen molar-refractivity contribution in [3.05, 3.63) is 0 Å². The van der Waals surface area contributed by atoms with Crippen molar-refractivity contribution in [3.63, 3.8) is 0 Å². The van der Waals surface area contributed by atoms with E-state index in [9.17, 15) is 35.5 Å². The van der Waals surface area contributed by atoms with Crippen molar-refractivity contribution in [1.29, 1.82) is 0 Å². The minimum atomic E-state index is -6.47. The molecule has 1 unspecified atom stereocenters. The molecule has 0 saturated heterocycles. The third-order valence-corrected chi connectivity index (χ3v) is 1.99. The third-order valence-electron chi connectivity index (χ3n) is 1.99. The smallest absolute Gasteiger partial charge is 0.383 e. The van der Waals surface area contributed by atoms with Crippen LogP contribution in [0.1, 0.15) is 6.42 Å². The molecule has 10 heteroatoms. The Morgan fingerprint density at radius 3 is 1.78 bits per heavy atom. The minimum Gasteiger partial charge on any atom is -0.383 e. The van der Waals surface area contributed by atoms with Gasteiger partial charge in [-0.2, -0.15) is 30.7 Å². The minimum absolute atomic E-state index is 0.590. The van der Waals surface area contributed by atoms with Crippen LogP contribution in [0.4, 0.5) is 30.7 Å². The fraction of sp³-hybridized carbons (Fsp3) is 0.875. The molecule has 0 heterocycles. The number of aliphatic hydroxyl groups is 1. The molecule has 18 heavy (non-hydrogen) atoms. The van der Waals surface area contributed by atoms with Gasteiger partial charge in [-0.1, -0.05) is 0 Å². The summed E-state index contributed by atoms with van der Waals surface area (Å²) in [5.74, 6) is -13.3. The maximum absolute atomic E-state index is 12.8. The molecule has 0 fully saturated rings. The summed E-state index contributed by atoms with van der Waals surface area (Å²) in [6.45, 7) is 0. The second-order valence-corrected chi connectivity index (χ2v) is 3.73. The summed E-state index contributed by atoms with van der Waals surface area (Å²) in [6.07, 6.45) is -11.4. The van der Waals surface area contributed by atoms with E-state index < -0.39 is 36.5 Å². The molecule has 0 rings (SSSR count). The van der Waals surface area contributed by atoms with Crippen LogP contribution in [0.2, 0.25) is 0 Å². The Kier molecular flexibility index (Phi) is 4.61. The highest BCUT2D eigenvalue weighted by Crippen LogP contribution is 2.48. The number of halogens is 7. The highest BCUT2D eigenvalue weighted by Gasteiger charge is 2.73. The summed E-state index contributed by atoms with van der Waals surface area (Å²) in [6, 6.07) is 0. The zero-order valence-electron chi connectivity index (χ0n) is 9.23. The molecule has 1 atom stereocenters. The lowest BCUT2D eigenvalue weighted by Gasteiger charge is -2.29. The Balaban J connectivity index is 5.02. The van der Waals surface area contributed by atoms with Crippen LogP contribution in [0.3, 0.4) is 0 Å². The van der Waals surface area contributed by atoms with E-state index in [4.69, 9.17) is 5.11 Å². The van der Waals surface area contributed by atoms with Crippen LogP contribution < -0.4 is 0 Å². The summed E-state index contributed by atoms with van der Waals surface area (Å²) in [5.41, 5.74) is 0. The van der Waals surface area contributed by atoms with Gasteiger partial charge in [-0.15, -0.1) is 0 Å². The SMILES string of the molecule is CN(C)C(=O)C(O)CC(F)(F)C(F)(F)C(F)(F)F. The molecule has 108 valence electrons. The maximum atomic E-state index is 12.8. The average molecular weight is 285 g/mol. The quantitative estimate of drug-likeness (QED) is 0.798. The number of rotatable bonds is 4. The zero-order valence-corrected chi connectivity index (χ0v) is 9.23. The first-order valence-corrected chi connectivity index (χ1v) is 4.45. The van der Waals surface area contributed by atoms with E-state index in [-0.39, 0.29) is 0 Å². The van der Waals surface area contributed by atoms with Crippen molar-refractivity contribution in [2.75, 3.05) is 14.1 Å². The molecule has 1 amide bonds. The van der Waals surface area contributed by atoms with E-state index >= 15 is 0 Å². The maximum Gasteiger partial charge on any atom is 0.459 e. The van der Waals surface area contributed by atoms with Crippen LogP contribution in [0.5, 0.6) is 0 Å². The van der Waals surface area contributed by atoms with Crippen molar-refractivity contribution in [3.8, 4) is 0 Å². The predicted molar refractivity (Wildman–Crippen MR) is 45.3 cm³/mol. The number of hydrogen-bond acceptors (Lipinski definition) is 2. The molecule has 0 spiro atoms. The first-order chi connectivity index (χ1) is 7.74. The molecular formula is C8H10F7NO2. The van der Waals surface area contributed by atoms with E-state index in [1.54, 1.807) is 0 Å². The molecule has 0 saturated carbocycles. The van der Waals surface area contributed by atoms with Gasteiger partial charge in [0.2, 0.25) is 0 Å². The summed E-state index contributed by atoms with van der Waals surface area (Å²) >= 11 is 0. The summed E-state index contributed by atoms with van der Waals surface area (Å²) in [7, 11) is 2.04. The molecule has 0 aliphatic heterocycles. The Labute approximate surface area is 97.2 Å². The van der Waals surface area contributed by atoms with Crippen LogP contribution in [0.15, 0.2) is 0 Å². The number of hydrogen-bond donors (Lipinski definition) is 1. The number of amides is 1. The largest absolute Gasteiger partial charge is 0.459 e. The fourth-order valence-electron chi connectivity index (χ4n) is 0.964. The summed E-state index contributed by atoms with van der Waals surface area (Å²) in [5, 5.41) is 8.88. The van der Waals surface area contributed by atoms with E-state index in [0.717, 1.165) is 14.1 Å². The lowest BCUT2D eigenvalue weighted by molar-refractivity contribution is -0.357. The molecule has 1 N–H and O–H groups in total. The van der Waals surface area contributed by atoms with E-state index in [1.165, 1.54) is 0 Å². The van der Waals surface area contributed by atoms with Gasteiger partial charge in [0.05, 0.1) is 6.42 Å². The molecule has 0 aromatic carbocycles. The third kappa shape index (κ3) is 3.24. The van der Waals surface area contributed by atoms with Crippen LogP contribution in [0, 0.1) is 0 Å². The molecule has 0 aliphatic carbocycles. The van der Waals surface area contributed by atoms with Gasteiger partial charge in [-0.25, -0.2) is 0 Å². The first kappa shape index (κ1) is 16.9. The van der Waals surface area contributed by atoms with Crippen LogP contribution in [-0.2, 0) is 4.79 Å². The fourth-order valence-corrected chi connectivity index (χ4v) is 0.964. The van der Waals surface area contributed by atoms with Gasteiger partial charge in [0, 0.05) is 14.1 Å². The Hall–Kier alpha value is -1.06. The monoisotopic (exact) mass is 285 g/mol. The van der Waals surface area contributed by atoms with Crippen molar-refractivity contribution < 1.29 is 40.6 Å². The number of carbonyl (C=O) groups is 1. The number of carbonyl (C=O) groups excluding carboxylic acids is 1. The van der Waals surface area contributed by atoms with Gasteiger partial charge in [-0.3, -0.25) is 4.79 Å². The average Bonchev–Trinajstić information content (AvgIpc) is 2.13. The highest BCUT2D eigenvalue weighted by atomic mass is 19.4. The van der Waals surface area contributed by atoms with Gasteiger partial charge < -0.3 is 10.0 Å². The summed E-state index contributed by atoms with van der Waals surface area (Å²) in [4.78, 5) is 11.5. The van der Waals surface area contributed by atoms with Gasteiger partial charge >= 0.3 is 18.0 Å². The van der Waals surface area contributed by atoms with Crippen molar-refractivity contribution >= 4 is 5.91 Å². The van der Waals surface area contributed by atoms with Crippen molar-refractivity contribution in [2.24, 2.45) is 0 Å². The summed E-state index contributed by atoms with van der Waals surface area (Å²) < 4.78 is 85.6. The second kappa shape index (κ2) is 4.90. The van der Waals surface area contributed by atoms with Crippen molar-refractivity contribution in [1.82, 2.24) is 4.90 Å². The molecule has 3 nitrogen and oxygen atoms in total. The van der Waals surface area contributed by atoms with Crippen LogP contribution in [0.25, 0.3) is 0 Å². The number of likely N-dealkylation sites (N-methyl/N-ethyl adjacent to an activating group) is 1. The predicted octanol–water partition coefficient (Wildman–Crippen LogP) is 1.66. The molecule has 0 aliphatic rings. The van der Waals surface area contributed by atoms with Crippen molar-refractivity contribution in [2.45, 2.75) is 30.5 Å². The van der Waals surface area contributed by atoms with E-state index in [2.05, 4.69) is 0 Å². The zero-order chi connectivity index (χ0) is 14.9. The first-order valence-electron chi connectivity index (χ1n) is 4.45. The Morgan fingerprint density at radius 1 is 1.11 bits per heavy atom. The topological polar surface area (TPSA) is 40.5 Å².